The Kier molecular flexibility index (Phi) is 7.50. The molecule has 2 aromatic carbocycles. The van der Waals surface area contributed by atoms with E-state index in [9.17, 15) is 0 Å². The zero-order valence-corrected chi connectivity index (χ0v) is 15.7. The van der Waals surface area contributed by atoms with Crippen LogP contribution < -0.4 is 15.4 Å². The molecule has 0 unspecified atom stereocenters. The number of methoxy groups -OCH3 is 1. The molecule has 0 fully saturated rings. The normalized spacial score (nSPS) is 10.9. The number of aryl methyl sites for hydroxylation is 1. The number of aliphatic imine (C=N–C) groups is 1. The van der Waals surface area contributed by atoms with E-state index in [1.54, 1.807) is 13.2 Å². The number of nitrogens with zero attached hydrogens (tertiary/aromatic N) is 2. The lowest BCUT2D eigenvalue weighted by Crippen LogP contribution is -2.38. The molecule has 0 spiro atoms. The van der Waals surface area contributed by atoms with Gasteiger partial charge in [-0.25, -0.2) is 4.99 Å². The third-order valence-corrected chi connectivity index (χ3v) is 4.00. The first-order valence-electron chi connectivity index (χ1n) is 8.81. The third-order valence-electron chi connectivity index (χ3n) is 4.00. The third kappa shape index (κ3) is 5.82. The maximum Gasteiger partial charge on any atom is 0.191 e. The van der Waals surface area contributed by atoms with Gasteiger partial charge in [-0.15, -0.1) is 0 Å². The highest BCUT2D eigenvalue weighted by molar-refractivity contribution is 5.79. The van der Waals surface area contributed by atoms with Crippen LogP contribution in [0.3, 0.4) is 0 Å². The van der Waals surface area contributed by atoms with Gasteiger partial charge in [0.2, 0.25) is 0 Å². The molecule has 0 aromatic heterocycles. The fraction of sp³-hybridized carbons (Fsp3) is 0.333. The quantitative estimate of drug-likeness (QED) is 0.594. The average molecular weight is 350 g/mol. The van der Waals surface area contributed by atoms with E-state index < -0.39 is 0 Å². The number of guanidine groups is 1. The van der Waals surface area contributed by atoms with E-state index in [1.807, 2.05) is 32.0 Å². The van der Waals surface area contributed by atoms with Gasteiger partial charge in [0.05, 0.1) is 25.3 Å². The van der Waals surface area contributed by atoms with Crippen LogP contribution in [0.1, 0.15) is 29.2 Å². The van der Waals surface area contributed by atoms with E-state index in [1.165, 1.54) is 5.56 Å². The smallest absolute Gasteiger partial charge is 0.191 e. The van der Waals surface area contributed by atoms with Crippen LogP contribution in [0.4, 0.5) is 0 Å². The van der Waals surface area contributed by atoms with E-state index in [-0.39, 0.29) is 0 Å². The van der Waals surface area contributed by atoms with Gasteiger partial charge in [-0.1, -0.05) is 24.3 Å². The molecule has 0 amide bonds. The van der Waals surface area contributed by atoms with Gasteiger partial charge in [0.25, 0.3) is 0 Å². The van der Waals surface area contributed by atoms with Crippen LogP contribution in [0.5, 0.6) is 5.75 Å². The van der Waals surface area contributed by atoms with Gasteiger partial charge in [0.1, 0.15) is 5.75 Å². The number of hydrogen-bond donors (Lipinski definition) is 2. The van der Waals surface area contributed by atoms with Crippen LogP contribution in [0, 0.1) is 18.3 Å². The van der Waals surface area contributed by atoms with Crippen molar-refractivity contribution in [2.24, 2.45) is 4.99 Å². The molecule has 0 bridgehead atoms. The summed E-state index contributed by atoms with van der Waals surface area (Å²) >= 11 is 0. The van der Waals surface area contributed by atoms with Gasteiger partial charge in [0.15, 0.2) is 5.96 Å². The van der Waals surface area contributed by atoms with Crippen molar-refractivity contribution in [3.8, 4) is 11.8 Å². The van der Waals surface area contributed by atoms with E-state index >= 15 is 0 Å². The van der Waals surface area contributed by atoms with Crippen molar-refractivity contribution < 1.29 is 4.74 Å². The minimum Gasteiger partial charge on any atom is -0.496 e. The van der Waals surface area contributed by atoms with Crippen LogP contribution >= 0.6 is 0 Å². The van der Waals surface area contributed by atoms with Gasteiger partial charge in [-0.3, -0.25) is 0 Å². The van der Waals surface area contributed by atoms with Crippen LogP contribution in [-0.4, -0.2) is 26.2 Å². The van der Waals surface area contributed by atoms with Gasteiger partial charge in [-0.05, 0) is 55.2 Å². The highest BCUT2D eigenvalue weighted by Gasteiger charge is 2.02. The van der Waals surface area contributed by atoms with Crippen molar-refractivity contribution in [3.63, 3.8) is 0 Å². The summed E-state index contributed by atoms with van der Waals surface area (Å²) in [7, 11) is 1.70. The summed E-state index contributed by atoms with van der Waals surface area (Å²) in [5.74, 6) is 1.69. The minimum absolute atomic E-state index is 0.531. The topological polar surface area (TPSA) is 69.4 Å². The number of benzene rings is 2. The summed E-state index contributed by atoms with van der Waals surface area (Å²) in [6.07, 6.45) is 0.880. The van der Waals surface area contributed by atoms with E-state index in [0.29, 0.717) is 12.1 Å². The molecule has 2 rings (SSSR count). The van der Waals surface area contributed by atoms with Crippen molar-refractivity contribution in [2.75, 3.05) is 20.2 Å². The highest BCUT2D eigenvalue weighted by atomic mass is 16.5. The molecule has 2 aromatic rings. The van der Waals surface area contributed by atoms with Crippen molar-refractivity contribution in [1.82, 2.24) is 10.6 Å². The first kappa shape index (κ1) is 19.3. The van der Waals surface area contributed by atoms with Crippen molar-refractivity contribution in [2.45, 2.75) is 26.8 Å². The Morgan fingerprint density at radius 1 is 1.15 bits per heavy atom. The molecule has 0 radical (unpaired) electrons. The Balaban J connectivity index is 1.94. The van der Waals surface area contributed by atoms with Crippen LogP contribution in [0.15, 0.2) is 47.5 Å². The molecular formula is C21H26N4O. The first-order valence-corrected chi connectivity index (χ1v) is 8.81. The molecule has 0 heterocycles. The number of nitriles is 1. The Morgan fingerprint density at radius 2 is 2.00 bits per heavy atom. The fourth-order valence-corrected chi connectivity index (χ4v) is 2.60. The second-order valence-corrected chi connectivity index (χ2v) is 5.99. The molecule has 26 heavy (non-hydrogen) atoms. The Bertz CT molecular complexity index is 793. The predicted molar refractivity (Wildman–Crippen MR) is 105 cm³/mol. The molecule has 2 N–H and O–H groups in total. The zero-order chi connectivity index (χ0) is 18.8. The molecule has 0 aliphatic rings. The Labute approximate surface area is 155 Å². The standard InChI is InChI=1S/C21H26N4O/c1-4-23-21(25-15-19-7-5-6-18(12-19)14-22)24-11-10-17-9-8-16(2)20(13-17)26-3/h5-9,12-13H,4,10-11,15H2,1-3H3,(H2,23,24,25). The summed E-state index contributed by atoms with van der Waals surface area (Å²) in [5, 5.41) is 15.6. The zero-order valence-electron chi connectivity index (χ0n) is 15.7. The molecule has 0 saturated carbocycles. The molecule has 0 saturated heterocycles. The highest BCUT2D eigenvalue weighted by Crippen LogP contribution is 2.19. The van der Waals surface area contributed by atoms with Crippen LogP contribution in [0.25, 0.3) is 0 Å². The Morgan fingerprint density at radius 3 is 2.73 bits per heavy atom. The number of ether oxygens (including phenoxy) is 1. The monoisotopic (exact) mass is 350 g/mol. The largest absolute Gasteiger partial charge is 0.496 e. The number of rotatable bonds is 7. The molecule has 0 aliphatic heterocycles. The van der Waals surface area contributed by atoms with Crippen LogP contribution in [-0.2, 0) is 13.0 Å². The summed E-state index contributed by atoms with van der Waals surface area (Å²) in [5.41, 5.74) is 4.03. The van der Waals surface area contributed by atoms with Crippen molar-refractivity contribution in [1.29, 1.82) is 5.26 Å². The van der Waals surface area contributed by atoms with Crippen molar-refractivity contribution in [3.05, 3.63) is 64.7 Å². The van der Waals surface area contributed by atoms with Gasteiger partial charge in [-0.2, -0.15) is 5.26 Å². The average Bonchev–Trinajstić information content (AvgIpc) is 2.67. The lowest BCUT2D eigenvalue weighted by atomic mass is 10.1. The van der Waals surface area contributed by atoms with E-state index in [0.717, 1.165) is 42.3 Å². The number of hydrogen-bond acceptors (Lipinski definition) is 3. The second-order valence-electron chi connectivity index (χ2n) is 5.99. The van der Waals surface area contributed by atoms with Gasteiger partial charge in [0, 0.05) is 13.1 Å². The van der Waals surface area contributed by atoms with Gasteiger partial charge >= 0.3 is 0 Å². The van der Waals surface area contributed by atoms with Crippen LogP contribution in [0.2, 0.25) is 0 Å². The summed E-state index contributed by atoms with van der Waals surface area (Å²) in [6.45, 7) is 6.18. The molecular weight excluding hydrogens is 324 g/mol. The van der Waals surface area contributed by atoms with Gasteiger partial charge < -0.3 is 15.4 Å². The maximum absolute atomic E-state index is 8.98. The van der Waals surface area contributed by atoms with E-state index in [4.69, 9.17) is 10.00 Å². The fourth-order valence-electron chi connectivity index (χ4n) is 2.60. The summed E-state index contributed by atoms with van der Waals surface area (Å²) in [6, 6.07) is 16.0. The first-order chi connectivity index (χ1) is 12.7. The molecule has 5 nitrogen and oxygen atoms in total. The maximum atomic E-state index is 8.98. The SMILES string of the molecule is CCNC(=NCc1cccc(C#N)c1)NCCc1ccc(C)c(OC)c1. The Hall–Kier alpha value is -3.00. The molecule has 0 atom stereocenters. The molecule has 136 valence electrons. The number of nitrogens with one attached hydrogen (secondary N) is 2. The molecule has 5 heteroatoms. The molecule has 0 aliphatic carbocycles. The summed E-state index contributed by atoms with van der Waals surface area (Å²) in [4.78, 5) is 4.60. The predicted octanol–water partition coefficient (Wildman–Crippen LogP) is 3.17. The van der Waals surface area contributed by atoms with E-state index in [2.05, 4.69) is 39.9 Å². The minimum atomic E-state index is 0.531. The summed E-state index contributed by atoms with van der Waals surface area (Å²) < 4.78 is 5.38. The lowest BCUT2D eigenvalue weighted by molar-refractivity contribution is 0.411. The second kappa shape index (κ2) is 10.1. The lowest BCUT2D eigenvalue weighted by Gasteiger charge is -2.12. The van der Waals surface area contributed by atoms with Crippen molar-refractivity contribution >= 4 is 5.96 Å².